The zero-order valence-corrected chi connectivity index (χ0v) is 15.5. The first-order chi connectivity index (χ1) is 12.3. The van der Waals surface area contributed by atoms with Crippen LogP contribution < -0.4 is 5.01 Å². The second-order valence-corrected chi connectivity index (χ2v) is 7.51. The van der Waals surface area contributed by atoms with Crippen molar-refractivity contribution in [2.75, 3.05) is 24.7 Å². The van der Waals surface area contributed by atoms with Crippen LogP contribution in [0, 0.1) is 5.82 Å². The molecule has 2 fully saturated rings. The number of ether oxygens (including phenoxy) is 3. The van der Waals surface area contributed by atoms with E-state index in [4.69, 9.17) is 14.2 Å². The van der Waals surface area contributed by atoms with Gasteiger partial charge in [-0.3, -0.25) is 5.01 Å². The van der Waals surface area contributed by atoms with Crippen LogP contribution in [0.5, 0.6) is 0 Å². The number of amides is 1. The van der Waals surface area contributed by atoms with E-state index in [-0.39, 0.29) is 24.8 Å². The lowest BCUT2D eigenvalue weighted by Gasteiger charge is -2.30. The maximum atomic E-state index is 14.3. The predicted molar refractivity (Wildman–Crippen MR) is 92.9 cm³/mol. The quantitative estimate of drug-likeness (QED) is 0.818. The van der Waals surface area contributed by atoms with E-state index < -0.39 is 17.5 Å². The molecule has 1 aromatic heterocycles. The monoisotopic (exact) mass is 367 g/mol. The maximum absolute atomic E-state index is 14.3. The minimum atomic E-state index is -0.656. The number of hydrazine groups is 1. The van der Waals surface area contributed by atoms with Gasteiger partial charge in [0.25, 0.3) is 0 Å². The Labute approximate surface area is 153 Å². The largest absolute Gasteiger partial charge is 0.442 e. The molecule has 0 aliphatic carbocycles. The number of rotatable bonds is 3. The summed E-state index contributed by atoms with van der Waals surface area (Å²) in [5.41, 5.74) is -0.656. The molecule has 0 N–H and O–H groups in total. The minimum Gasteiger partial charge on any atom is -0.442 e. The molecule has 26 heavy (non-hydrogen) atoms. The highest BCUT2D eigenvalue weighted by Gasteiger charge is 2.39. The summed E-state index contributed by atoms with van der Waals surface area (Å²) in [6.45, 7) is 6.59. The SMILES string of the molecule is CC(C)(C)OC(=O)N1CC(OC2CCCCO2)CN1c1ncccc1F. The summed E-state index contributed by atoms with van der Waals surface area (Å²) < 4.78 is 31.3. The number of carbonyl (C=O) groups is 1. The second kappa shape index (κ2) is 7.75. The number of hydrogen-bond acceptors (Lipinski definition) is 6. The van der Waals surface area contributed by atoms with Crippen molar-refractivity contribution < 1.29 is 23.4 Å². The molecule has 1 aromatic rings. The van der Waals surface area contributed by atoms with Gasteiger partial charge in [0.1, 0.15) is 5.60 Å². The molecule has 3 rings (SSSR count). The average molecular weight is 367 g/mol. The Morgan fingerprint density at radius 3 is 2.81 bits per heavy atom. The topological polar surface area (TPSA) is 64.1 Å². The Morgan fingerprint density at radius 1 is 1.35 bits per heavy atom. The van der Waals surface area contributed by atoms with Crippen molar-refractivity contribution in [1.82, 2.24) is 9.99 Å². The molecular weight excluding hydrogens is 341 g/mol. The first-order valence-corrected chi connectivity index (χ1v) is 8.99. The highest BCUT2D eigenvalue weighted by atomic mass is 19.1. The van der Waals surface area contributed by atoms with Crippen LogP contribution in [-0.2, 0) is 14.2 Å². The minimum absolute atomic E-state index is 0.0778. The van der Waals surface area contributed by atoms with Crippen molar-refractivity contribution in [3.05, 3.63) is 24.1 Å². The van der Waals surface area contributed by atoms with Crippen LogP contribution in [0.15, 0.2) is 18.3 Å². The van der Waals surface area contributed by atoms with Crippen molar-refractivity contribution in [2.45, 2.75) is 58.0 Å². The fourth-order valence-corrected chi connectivity index (χ4v) is 3.02. The number of anilines is 1. The molecule has 2 unspecified atom stereocenters. The summed E-state index contributed by atoms with van der Waals surface area (Å²) in [5, 5.41) is 2.83. The molecule has 0 saturated carbocycles. The van der Waals surface area contributed by atoms with Gasteiger partial charge in [0.2, 0.25) is 0 Å². The first-order valence-electron chi connectivity index (χ1n) is 8.99. The fraction of sp³-hybridized carbons (Fsp3) is 0.667. The standard InChI is InChI=1S/C18H26FN3O4/c1-18(2,3)26-17(23)22-12-13(25-15-8-4-5-10-24-15)11-21(22)16-14(19)7-6-9-20-16/h6-7,9,13,15H,4-5,8,10-12H2,1-3H3. The predicted octanol–water partition coefficient (Wildman–Crippen LogP) is 3.10. The van der Waals surface area contributed by atoms with Crippen molar-refractivity contribution in [2.24, 2.45) is 0 Å². The Kier molecular flexibility index (Phi) is 5.62. The van der Waals surface area contributed by atoms with Crippen LogP contribution >= 0.6 is 0 Å². The van der Waals surface area contributed by atoms with E-state index in [2.05, 4.69) is 4.98 Å². The van der Waals surface area contributed by atoms with E-state index >= 15 is 0 Å². The smallest absolute Gasteiger partial charge is 0.429 e. The van der Waals surface area contributed by atoms with Gasteiger partial charge in [-0.1, -0.05) is 0 Å². The Morgan fingerprint density at radius 2 is 2.15 bits per heavy atom. The normalized spacial score (nSPS) is 24.0. The molecule has 2 saturated heterocycles. The van der Waals surface area contributed by atoms with Gasteiger partial charge in [-0.05, 0) is 52.2 Å². The third-order valence-corrected chi connectivity index (χ3v) is 4.11. The highest BCUT2D eigenvalue weighted by molar-refractivity contribution is 5.71. The summed E-state index contributed by atoms with van der Waals surface area (Å²) in [5.74, 6) is -0.426. The lowest BCUT2D eigenvalue weighted by molar-refractivity contribution is -0.182. The molecule has 0 spiro atoms. The number of pyridine rings is 1. The van der Waals surface area contributed by atoms with Gasteiger partial charge in [0.15, 0.2) is 17.9 Å². The van der Waals surface area contributed by atoms with Gasteiger partial charge >= 0.3 is 6.09 Å². The summed E-state index contributed by atoms with van der Waals surface area (Å²) in [7, 11) is 0. The van der Waals surface area contributed by atoms with Crippen LogP contribution in [0.1, 0.15) is 40.0 Å². The zero-order valence-electron chi connectivity index (χ0n) is 15.5. The number of carbonyl (C=O) groups excluding carboxylic acids is 1. The van der Waals surface area contributed by atoms with Gasteiger partial charge in [0, 0.05) is 12.8 Å². The van der Waals surface area contributed by atoms with E-state index in [1.807, 2.05) is 0 Å². The Hall–Kier alpha value is -1.93. The number of halogens is 1. The summed E-state index contributed by atoms with van der Waals surface area (Å²) in [6.07, 6.45) is 3.23. The molecule has 0 radical (unpaired) electrons. The van der Waals surface area contributed by atoms with Gasteiger partial charge < -0.3 is 14.2 Å². The van der Waals surface area contributed by atoms with Crippen LogP contribution in [0.2, 0.25) is 0 Å². The molecule has 1 amide bonds. The Bertz CT molecular complexity index is 631. The molecule has 2 atom stereocenters. The molecule has 0 aromatic carbocycles. The Balaban J connectivity index is 1.76. The fourth-order valence-electron chi connectivity index (χ4n) is 3.02. The van der Waals surface area contributed by atoms with E-state index in [1.54, 1.807) is 20.8 Å². The maximum Gasteiger partial charge on any atom is 0.429 e. The van der Waals surface area contributed by atoms with Crippen LogP contribution in [0.4, 0.5) is 15.0 Å². The molecule has 3 heterocycles. The zero-order chi connectivity index (χ0) is 18.7. The van der Waals surface area contributed by atoms with Gasteiger partial charge in [-0.2, -0.15) is 0 Å². The molecule has 2 aliphatic heterocycles. The number of hydrogen-bond donors (Lipinski definition) is 0. The van der Waals surface area contributed by atoms with Gasteiger partial charge in [-0.25, -0.2) is 19.2 Å². The van der Waals surface area contributed by atoms with Crippen LogP contribution in [-0.4, -0.2) is 53.8 Å². The lowest BCUT2D eigenvalue weighted by atomic mass is 10.2. The average Bonchev–Trinajstić information content (AvgIpc) is 2.98. The molecule has 2 aliphatic rings. The molecule has 144 valence electrons. The second-order valence-electron chi connectivity index (χ2n) is 7.51. The summed E-state index contributed by atoms with van der Waals surface area (Å²) in [4.78, 5) is 16.7. The van der Waals surface area contributed by atoms with Gasteiger partial charge in [0.05, 0.1) is 19.2 Å². The van der Waals surface area contributed by atoms with Gasteiger partial charge in [-0.15, -0.1) is 0 Å². The lowest BCUT2D eigenvalue weighted by Crippen LogP contribution is -2.44. The van der Waals surface area contributed by atoms with Crippen LogP contribution in [0.25, 0.3) is 0 Å². The van der Waals surface area contributed by atoms with E-state index in [9.17, 15) is 9.18 Å². The number of nitrogens with zero attached hydrogens (tertiary/aromatic N) is 3. The summed E-state index contributed by atoms with van der Waals surface area (Å²) >= 11 is 0. The van der Waals surface area contributed by atoms with E-state index in [0.717, 1.165) is 19.3 Å². The van der Waals surface area contributed by atoms with Crippen molar-refractivity contribution >= 4 is 11.9 Å². The number of aromatic nitrogens is 1. The van der Waals surface area contributed by atoms with E-state index in [1.165, 1.54) is 28.3 Å². The first kappa shape index (κ1) is 18.8. The molecule has 0 bridgehead atoms. The van der Waals surface area contributed by atoms with Crippen molar-refractivity contribution in [3.8, 4) is 0 Å². The van der Waals surface area contributed by atoms with Crippen molar-refractivity contribution in [3.63, 3.8) is 0 Å². The molecular formula is C18H26FN3O4. The third kappa shape index (κ3) is 4.62. The molecule has 7 nitrogen and oxygen atoms in total. The molecule has 8 heteroatoms. The highest BCUT2D eigenvalue weighted by Crippen LogP contribution is 2.27. The van der Waals surface area contributed by atoms with Crippen LogP contribution in [0.3, 0.4) is 0 Å². The van der Waals surface area contributed by atoms with E-state index in [0.29, 0.717) is 13.2 Å². The van der Waals surface area contributed by atoms with Crippen molar-refractivity contribution in [1.29, 1.82) is 0 Å². The summed E-state index contributed by atoms with van der Waals surface area (Å²) in [6, 6.07) is 2.82. The third-order valence-electron chi connectivity index (χ3n) is 4.11.